The van der Waals surface area contributed by atoms with Crippen LogP contribution < -0.4 is 0 Å². The second kappa shape index (κ2) is 2.61. The van der Waals surface area contributed by atoms with E-state index in [4.69, 9.17) is 13.3 Å². The third kappa shape index (κ3) is 1.38. The standard InChI is InChI=1S/C10H16O2/c1-6(2)5-7-8(9(11)12)10(7,3)4/h5,7-8H,1-4H3,(H,11,12)/i1D3,2D3. The molecule has 0 aromatic carbocycles. The Balaban J connectivity index is 3.11. The second-order valence-electron chi connectivity index (χ2n) is 3.74. The smallest absolute Gasteiger partial charge is 0.307 e. The van der Waals surface area contributed by atoms with E-state index in [0.717, 1.165) is 6.08 Å². The predicted octanol–water partition coefficient (Wildman–Crippen LogP) is 2.31. The molecule has 0 heterocycles. The molecule has 0 aliphatic heterocycles. The maximum Gasteiger partial charge on any atom is 0.307 e. The Morgan fingerprint density at radius 1 is 1.58 bits per heavy atom. The number of hydrogen-bond acceptors (Lipinski definition) is 1. The van der Waals surface area contributed by atoms with E-state index in [-0.39, 0.29) is 0 Å². The van der Waals surface area contributed by atoms with Gasteiger partial charge >= 0.3 is 5.97 Å². The average molecular weight is 174 g/mol. The highest BCUT2D eigenvalue weighted by Gasteiger charge is 2.60. The van der Waals surface area contributed by atoms with Crippen LogP contribution in [0.1, 0.15) is 35.8 Å². The first kappa shape index (κ1) is 3.95. The number of rotatable bonds is 2. The summed E-state index contributed by atoms with van der Waals surface area (Å²) in [6, 6.07) is 0. The third-order valence-corrected chi connectivity index (χ3v) is 2.52. The molecule has 68 valence electrons. The lowest BCUT2D eigenvalue weighted by Gasteiger charge is -1.96. The summed E-state index contributed by atoms with van der Waals surface area (Å²) in [5.74, 6) is -2.31. The summed E-state index contributed by atoms with van der Waals surface area (Å²) in [6.45, 7) is -2.09. The van der Waals surface area contributed by atoms with E-state index >= 15 is 0 Å². The maximum atomic E-state index is 11.0. The number of carbonyl (C=O) groups is 1. The van der Waals surface area contributed by atoms with Crippen LogP contribution in [0.2, 0.25) is 0 Å². The zero-order valence-electron chi connectivity index (χ0n) is 13.1. The van der Waals surface area contributed by atoms with Gasteiger partial charge in [0.05, 0.1) is 5.92 Å². The Labute approximate surface area is 81.7 Å². The van der Waals surface area contributed by atoms with Crippen molar-refractivity contribution in [2.24, 2.45) is 17.3 Å². The van der Waals surface area contributed by atoms with Crippen molar-refractivity contribution in [3.8, 4) is 0 Å². The Hall–Kier alpha value is -0.790. The van der Waals surface area contributed by atoms with Gasteiger partial charge in [0.2, 0.25) is 0 Å². The molecule has 1 N–H and O–H groups in total. The molecule has 0 spiro atoms. The fraction of sp³-hybridized carbons (Fsp3) is 0.700. The monoisotopic (exact) mass is 174 g/mol. The quantitative estimate of drug-likeness (QED) is 0.652. The van der Waals surface area contributed by atoms with Gasteiger partial charge in [0.15, 0.2) is 0 Å². The summed E-state index contributed by atoms with van der Waals surface area (Å²) in [7, 11) is 0. The molecule has 0 aromatic heterocycles. The first-order chi connectivity index (χ1) is 7.79. The molecule has 12 heavy (non-hydrogen) atoms. The fourth-order valence-corrected chi connectivity index (χ4v) is 1.64. The van der Waals surface area contributed by atoms with Crippen molar-refractivity contribution in [1.29, 1.82) is 0 Å². The van der Waals surface area contributed by atoms with Gasteiger partial charge in [-0.25, -0.2) is 0 Å². The van der Waals surface area contributed by atoms with Crippen molar-refractivity contribution in [2.45, 2.75) is 27.6 Å². The molecule has 1 saturated carbocycles. The van der Waals surface area contributed by atoms with Gasteiger partial charge in [-0.1, -0.05) is 25.5 Å². The average Bonchev–Trinajstić information content (AvgIpc) is 2.59. The van der Waals surface area contributed by atoms with Crippen LogP contribution in [-0.2, 0) is 4.79 Å². The number of aliphatic carboxylic acids is 1. The Kier molecular flexibility index (Phi) is 0.859. The molecule has 1 aliphatic rings. The summed E-state index contributed by atoms with van der Waals surface area (Å²) < 4.78 is 43.4. The molecule has 1 fully saturated rings. The minimum atomic E-state index is -2.73. The topological polar surface area (TPSA) is 37.3 Å². The highest BCUT2D eigenvalue weighted by atomic mass is 16.4. The molecule has 0 aromatic rings. The Morgan fingerprint density at radius 3 is 2.50 bits per heavy atom. The zero-order chi connectivity index (χ0) is 14.5. The molecule has 1 rings (SSSR count). The number of carboxylic acids is 1. The highest BCUT2D eigenvalue weighted by molar-refractivity contribution is 5.76. The second-order valence-corrected chi connectivity index (χ2v) is 3.74. The molecule has 2 heteroatoms. The van der Waals surface area contributed by atoms with E-state index in [1.807, 2.05) is 0 Å². The molecule has 2 nitrogen and oxygen atoms in total. The minimum Gasteiger partial charge on any atom is -0.481 e. The summed E-state index contributed by atoms with van der Waals surface area (Å²) in [5.41, 5.74) is -1.25. The van der Waals surface area contributed by atoms with Crippen molar-refractivity contribution in [3.05, 3.63) is 11.6 Å². The molecule has 0 bridgehead atoms. The largest absolute Gasteiger partial charge is 0.481 e. The van der Waals surface area contributed by atoms with Gasteiger partial charge < -0.3 is 5.11 Å². The molecule has 2 unspecified atom stereocenters. The molecule has 1 aliphatic carbocycles. The lowest BCUT2D eigenvalue weighted by atomic mass is 10.1. The summed E-state index contributed by atoms with van der Waals surface area (Å²) >= 11 is 0. The maximum absolute atomic E-state index is 11.0. The number of allylic oxidation sites excluding steroid dienone is 2. The van der Waals surface area contributed by atoms with Gasteiger partial charge in [0.25, 0.3) is 0 Å². The first-order valence-electron chi connectivity index (χ1n) is 6.75. The van der Waals surface area contributed by atoms with Crippen molar-refractivity contribution >= 4 is 5.97 Å². The van der Waals surface area contributed by atoms with Crippen LogP contribution in [0.3, 0.4) is 0 Å². The van der Waals surface area contributed by atoms with Crippen LogP contribution in [0.5, 0.6) is 0 Å². The Morgan fingerprint density at radius 2 is 2.17 bits per heavy atom. The number of hydrogen-bond donors (Lipinski definition) is 1. The summed E-state index contributed by atoms with van der Waals surface area (Å²) in [5, 5.41) is 8.97. The van der Waals surface area contributed by atoms with Crippen LogP contribution in [0, 0.1) is 17.3 Å². The summed E-state index contributed by atoms with van der Waals surface area (Å²) in [6.07, 6.45) is 1.11. The van der Waals surface area contributed by atoms with Crippen molar-refractivity contribution < 1.29 is 18.1 Å². The van der Waals surface area contributed by atoms with Crippen molar-refractivity contribution in [2.75, 3.05) is 0 Å². The van der Waals surface area contributed by atoms with Gasteiger partial charge in [0.1, 0.15) is 0 Å². The van der Waals surface area contributed by atoms with Gasteiger partial charge in [-0.2, -0.15) is 0 Å². The van der Waals surface area contributed by atoms with Crippen LogP contribution >= 0.6 is 0 Å². The van der Waals surface area contributed by atoms with Crippen LogP contribution in [0.15, 0.2) is 11.6 Å². The Bertz CT molecular complexity index is 374. The van der Waals surface area contributed by atoms with Crippen LogP contribution in [0.4, 0.5) is 0 Å². The lowest BCUT2D eigenvalue weighted by Crippen LogP contribution is -2.02. The third-order valence-electron chi connectivity index (χ3n) is 2.52. The van der Waals surface area contributed by atoms with Crippen molar-refractivity contribution in [3.63, 3.8) is 0 Å². The van der Waals surface area contributed by atoms with E-state index in [9.17, 15) is 4.79 Å². The summed E-state index contributed by atoms with van der Waals surface area (Å²) in [4.78, 5) is 11.0. The molecule has 0 radical (unpaired) electrons. The lowest BCUT2D eigenvalue weighted by molar-refractivity contribution is -0.139. The normalized spacial score (nSPS) is 40.5. The molecule has 0 amide bonds. The fourth-order valence-electron chi connectivity index (χ4n) is 1.64. The molecular weight excluding hydrogens is 152 g/mol. The minimum absolute atomic E-state index is 0.550. The number of carboxylic acid groups (broad SMARTS) is 1. The van der Waals surface area contributed by atoms with Gasteiger partial charge in [-0.3, -0.25) is 4.79 Å². The van der Waals surface area contributed by atoms with Crippen LogP contribution in [-0.4, -0.2) is 11.1 Å². The van der Waals surface area contributed by atoms with Crippen LogP contribution in [0.25, 0.3) is 0 Å². The first-order valence-corrected chi connectivity index (χ1v) is 3.75. The molecule has 2 atom stereocenters. The predicted molar refractivity (Wildman–Crippen MR) is 47.8 cm³/mol. The SMILES string of the molecule is [2H]C([2H])([2H])C(=CC1C(C(=O)O)C1(C)C)C([2H])([2H])[2H]. The molecule has 0 saturated heterocycles. The van der Waals surface area contributed by atoms with Gasteiger partial charge in [0, 0.05) is 8.22 Å². The van der Waals surface area contributed by atoms with E-state index in [2.05, 4.69) is 0 Å². The molecular formula is C10H16O2. The van der Waals surface area contributed by atoms with E-state index in [0.29, 0.717) is 0 Å². The van der Waals surface area contributed by atoms with Crippen molar-refractivity contribution in [1.82, 2.24) is 0 Å². The zero-order valence-corrected chi connectivity index (χ0v) is 7.09. The highest BCUT2D eigenvalue weighted by Crippen LogP contribution is 2.59. The van der Waals surface area contributed by atoms with E-state index in [1.54, 1.807) is 13.8 Å². The van der Waals surface area contributed by atoms with E-state index in [1.165, 1.54) is 0 Å². The van der Waals surface area contributed by atoms with Gasteiger partial charge in [-0.15, -0.1) is 0 Å². The van der Waals surface area contributed by atoms with E-state index < -0.39 is 42.5 Å². The van der Waals surface area contributed by atoms with Gasteiger partial charge in [-0.05, 0) is 25.0 Å².